The van der Waals surface area contributed by atoms with Crippen LogP contribution < -0.4 is 10.1 Å². The third-order valence-electron chi connectivity index (χ3n) is 2.41. The molecule has 0 unspecified atom stereocenters. The predicted octanol–water partition coefficient (Wildman–Crippen LogP) is 1.52. The molecule has 0 bridgehead atoms. The summed E-state index contributed by atoms with van der Waals surface area (Å²) in [6.45, 7) is 4.44. The van der Waals surface area contributed by atoms with Gasteiger partial charge in [-0.2, -0.15) is 0 Å². The van der Waals surface area contributed by atoms with Crippen molar-refractivity contribution in [2.24, 2.45) is 0 Å². The highest BCUT2D eigenvalue weighted by atomic mass is 35.5. The monoisotopic (exact) mass is 227 g/mol. The number of rotatable bonds is 2. The first-order chi connectivity index (χ1) is 6.45. The summed E-state index contributed by atoms with van der Waals surface area (Å²) in [4.78, 5) is 2.11. The molecule has 0 aliphatic carbocycles. The van der Waals surface area contributed by atoms with Gasteiger partial charge in [0.2, 0.25) is 0 Å². The fraction of sp³-hybridized carbons (Fsp3) is 0.455. The standard InChI is InChI=1S/C11H18ClNSi/c1-7(2)10-9(14)6-5-8(12)11(10)13(3)4/h5-7H,1-4,14H3. The van der Waals surface area contributed by atoms with Crippen molar-refractivity contribution in [3.8, 4) is 0 Å². The highest BCUT2D eigenvalue weighted by Gasteiger charge is 2.14. The Morgan fingerprint density at radius 1 is 1.29 bits per heavy atom. The Hall–Kier alpha value is -0.473. The summed E-state index contributed by atoms with van der Waals surface area (Å²) >= 11 is 6.21. The summed E-state index contributed by atoms with van der Waals surface area (Å²) in [5.74, 6) is 0.540. The van der Waals surface area contributed by atoms with Crippen molar-refractivity contribution in [2.75, 3.05) is 19.0 Å². The molecule has 0 aliphatic heterocycles. The normalized spacial score (nSPS) is 11.0. The van der Waals surface area contributed by atoms with Gasteiger partial charge in [0.1, 0.15) is 0 Å². The first-order valence-electron chi connectivity index (χ1n) is 4.91. The van der Waals surface area contributed by atoms with E-state index in [1.165, 1.54) is 16.4 Å². The second-order valence-corrected chi connectivity index (χ2v) is 5.66. The average Bonchev–Trinajstić information content (AvgIpc) is 2.07. The molecule has 14 heavy (non-hydrogen) atoms. The van der Waals surface area contributed by atoms with Gasteiger partial charge in [-0.3, -0.25) is 0 Å². The van der Waals surface area contributed by atoms with Crippen molar-refractivity contribution in [2.45, 2.75) is 19.8 Å². The highest BCUT2D eigenvalue weighted by Crippen LogP contribution is 2.31. The molecule has 1 rings (SSSR count). The zero-order valence-electron chi connectivity index (χ0n) is 9.56. The smallest absolute Gasteiger partial charge is 0.0642 e. The quantitative estimate of drug-likeness (QED) is 0.693. The molecule has 0 fully saturated rings. The van der Waals surface area contributed by atoms with E-state index in [-0.39, 0.29) is 0 Å². The lowest BCUT2D eigenvalue weighted by molar-refractivity contribution is 0.865. The van der Waals surface area contributed by atoms with E-state index in [9.17, 15) is 0 Å². The predicted molar refractivity (Wildman–Crippen MR) is 69.4 cm³/mol. The van der Waals surface area contributed by atoms with Gasteiger partial charge in [-0.1, -0.05) is 36.7 Å². The lowest BCUT2D eigenvalue weighted by Crippen LogP contribution is -2.20. The Labute approximate surface area is 94.5 Å². The van der Waals surface area contributed by atoms with Crippen LogP contribution in [0.5, 0.6) is 0 Å². The minimum absolute atomic E-state index is 0.540. The Bertz CT molecular complexity index is 301. The summed E-state index contributed by atoms with van der Waals surface area (Å²) < 4.78 is 0. The van der Waals surface area contributed by atoms with Gasteiger partial charge in [-0.25, -0.2) is 0 Å². The molecule has 0 amide bonds. The van der Waals surface area contributed by atoms with Gasteiger partial charge < -0.3 is 4.90 Å². The maximum absolute atomic E-state index is 6.21. The van der Waals surface area contributed by atoms with Crippen molar-refractivity contribution >= 4 is 32.7 Å². The van der Waals surface area contributed by atoms with Gasteiger partial charge in [0.05, 0.1) is 10.7 Å². The minimum Gasteiger partial charge on any atom is -0.376 e. The second kappa shape index (κ2) is 4.37. The van der Waals surface area contributed by atoms with Gasteiger partial charge in [0, 0.05) is 24.3 Å². The van der Waals surface area contributed by atoms with Crippen molar-refractivity contribution in [1.82, 2.24) is 0 Å². The number of benzene rings is 1. The molecule has 0 saturated heterocycles. The third kappa shape index (κ3) is 2.12. The SMILES string of the molecule is CC(C)c1c([SiH3])ccc(Cl)c1N(C)C. The van der Waals surface area contributed by atoms with Gasteiger partial charge in [0.25, 0.3) is 0 Å². The summed E-state index contributed by atoms with van der Waals surface area (Å²) in [6, 6.07) is 4.15. The third-order valence-corrected chi connectivity index (χ3v) is 3.59. The molecule has 0 spiro atoms. The highest BCUT2D eigenvalue weighted by molar-refractivity contribution is 6.37. The summed E-state index contributed by atoms with van der Waals surface area (Å²) in [7, 11) is 5.18. The molecular weight excluding hydrogens is 210 g/mol. The molecule has 3 heteroatoms. The average molecular weight is 228 g/mol. The lowest BCUT2D eigenvalue weighted by atomic mass is 10.0. The number of hydrogen-bond acceptors (Lipinski definition) is 1. The Balaban J connectivity index is 3.42. The van der Waals surface area contributed by atoms with Crippen molar-refractivity contribution in [1.29, 1.82) is 0 Å². The van der Waals surface area contributed by atoms with E-state index in [0.717, 1.165) is 15.3 Å². The van der Waals surface area contributed by atoms with E-state index in [4.69, 9.17) is 11.6 Å². The number of halogens is 1. The van der Waals surface area contributed by atoms with Crippen LogP contribution in [0.1, 0.15) is 25.3 Å². The van der Waals surface area contributed by atoms with Gasteiger partial charge in [-0.15, -0.1) is 0 Å². The molecule has 0 N–H and O–H groups in total. The molecule has 0 saturated carbocycles. The van der Waals surface area contributed by atoms with Gasteiger partial charge in [0.15, 0.2) is 0 Å². The Morgan fingerprint density at radius 3 is 2.21 bits per heavy atom. The first kappa shape index (κ1) is 11.6. The van der Waals surface area contributed by atoms with Crippen LogP contribution in [0.2, 0.25) is 5.02 Å². The zero-order chi connectivity index (χ0) is 10.9. The molecular formula is C11H18ClNSi. The molecule has 1 aromatic carbocycles. The number of nitrogens with zero attached hydrogens (tertiary/aromatic N) is 1. The number of hydrogen-bond donors (Lipinski definition) is 0. The molecule has 0 aromatic heterocycles. The van der Waals surface area contributed by atoms with Crippen LogP contribution in [-0.2, 0) is 0 Å². The van der Waals surface area contributed by atoms with E-state index in [1.807, 2.05) is 20.2 Å². The fourth-order valence-corrected chi connectivity index (χ4v) is 3.18. The van der Waals surface area contributed by atoms with Crippen LogP contribution in [0.25, 0.3) is 0 Å². The van der Waals surface area contributed by atoms with Crippen LogP contribution in [0.4, 0.5) is 5.69 Å². The minimum atomic E-state index is 0.540. The first-order valence-corrected chi connectivity index (χ1v) is 6.29. The van der Waals surface area contributed by atoms with Crippen LogP contribution in [0, 0.1) is 0 Å². The van der Waals surface area contributed by atoms with Crippen LogP contribution in [0.15, 0.2) is 12.1 Å². The maximum atomic E-state index is 6.21. The van der Waals surface area contributed by atoms with E-state index >= 15 is 0 Å². The number of anilines is 1. The molecule has 78 valence electrons. The fourth-order valence-electron chi connectivity index (χ4n) is 1.87. The topological polar surface area (TPSA) is 3.24 Å². The summed E-state index contributed by atoms with van der Waals surface area (Å²) in [5, 5.41) is 2.31. The van der Waals surface area contributed by atoms with Crippen molar-refractivity contribution in [3.05, 3.63) is 22.7 Å². The van der Waals surface area contributed by atoms with E-state index < -0.39 is 0 Å². The maximum Gasteiger partial charge on any atom is 0.0642 e. The molecule has 0 aliphatic rings. The lowest BCUT2D eigenvalue weighted by Gasteiger charge is -2.23. The van der Waals surface area contributed by atoms with Crippen molar-refractivity contribution < 1.29 is 0 Å². The largest absolute Gasteiger partial charge is 0.376 e. The van der Waals surface area contributed by atoms with Crippen LogP contribution in [-0.4, -0.2) is 24.3 Å². The Kier molecular flexibility index (Phi) is 3.62. The summed E-state index contributed by atoms with van der Waals surface area (Å²) in [6.07, 6.45) is 0. The van der Waals surface area contributed by atoms with Crippen molar-refractivity contribution in [3.63, 3.8) is 0 Å². The molecule has 1 aromatic rings. The Morgan fingerprint density at radius 2 is 1.86 bits per heavy atom. The second-order valence-electron chi connectivity index (χ2n) is 4.18. The molecule has 0 atom stereocenters. The van der Waals surface area contributed by atoms with Gasteiger partial charge in [-0.05, 0) is 17.5 Å². The molecule has 0 heterocycles. The molecule has 0 radical (unpaired) electrons. The zero-order valence-corrected chi connectivity index (χ0v) is 12.3. The van der Waals surface area contributed by atoms with E-state index in [0.29, 0.717) is 5.92 Å². The van der Waals surface area contributed by atoms with E-state index in [1.54, 1.807) is 0 Å². The van der Waals surface area contributed by atoms with Crippen LogP contribution in [0.3, 0.4) is 0 Å². The molecule has 1 nitrogen and oxygen atoms in total. The van der Waals surface area contributed by atoms with Crippen LogP contribution >= 0.6 is 11.6 Å². The van der Waals surface area contributed by atoms with Gasteiger partial charge >= 0.3 is 0 Å². The van der Waals surface area contributed by atoms with E-state index in [2.05, 4.69) is 24.8 Å². The summed E-state index contributed by atoms with van der Waals surface area (Å²) in [5.41, 5.74) is 2.60.